The molecule has 2 rings (SSSR count). The smallest absolute Gasteiger partial charge is 0.310 e. The number of hydrogen-bond donors (Lipinski definition) is 1. The van der Waals surface area contributed by atoms with E-state index >= 15 is 0 Å². The van der Waals surface area contributed by atoms with E-state index < -0.39 is 4.92 Å². The van der Waals surface area contributed by atoms with Crippen LogP contribution in [0.2, 0.25) is 0 Å². The maximum atomic E-state index is 11.2. The van der Waals surface area contributed by atoms with Gasteiger partial charge in [-0.1, -0.05) is 6.07 Å². The van der Waals surface area contributed by atoms with Crippen LogP contribution >= 0.6 is 0 Å². The first-order chi connectivity index (χ1) is 9.54. The Morgan fingerprint density at radius 3 is 2.65 bits per heavy atom. The molecule has 1 unspecified atom stereocenters. The van der Waals surface area contributed by atoms with Crippen molar-refractivity contribution in [3.05, 3.63) is 33.9 Å². The van der Waals surface area contributed by atoms with Crippen molar-refractivity contribution < 1.29 is 4.92 Å². The summed E-state index contributed by atoms with van der Waals surface area (Å²) in [6, 6.07) is 6.93. The highest BCUT2D eigenvalue weighted by Crippen LogP contribution is 2.34. The third kappa shape index (κ3) is 2.73. The van der Waals surface area contributed by atoms with Crippen molar-refractivity contribution in [1.82, 2.24) is 0 Å². The molecule has 1 aliphatic rings. The molecule has 1 aliphatic heterocycles. The summed E-state index contributed by atoms with van der Waals surface area (Å²) >= 11 is 0. The first-order valence-electron chi connectivity index (χ1n) is 6.72. The summed E-state index contributed by atoms with van der Waals surface area (Å²) in [5.74, 6) is 0.462. The number of rotatable bonds is 3. The Labute approximate surface area is 117 Å². The van der Waals surface area contributed by atoms with Crippen molar-refractivity contribution >= 4 is 11.4 Å². The van der Waals surface area contributed by atoms with Crippen LogP contribution in [-0.4, -0.2) is 24.1 Å². The van der Waals surface area contributed by atoms with Crippen LogP contribution in [0, 0.1) is 27.4 Å². The number of nitrogens with zero attached hydrogens (tertiary/aromatic N) is 3. The minimum atomic E-state index is -0.467. The molecule has 6 nitrogen and oxygen atoms in total. The number of nitro benzene ring substituents is 1. The number of para-hydroxylation sites is 1. The highest BCUT2D eigenvalue weighted by Gasteiger charge is 2.28. The fourth-order valence-corrected chi connectivity index (χ4v) is 2.73. The van der Waals surface area contributed by atoms with Gasteiger partial charge in [0.25, 0.3) is 0 Å². The van der Waals surface area contributed by atoms with Crippen LogP contribution < -0.4 is 10.6 Å². The predicted octanol–water partition coefficient (Wildman–Crippen LogP) is 2.03. The standard InChI is InChI=1S/C14H18N4O2/c1-10(16)11-5-7-17(8-6-11)13-4-2-3-12(9-15)14(13)18(19)20/h2-4,10-11H,5-8,16H2,1H3. The lowest BCUT2D eigenvalue weighted by molar-refractivity contribution is -0.384. The van der Waals surface area contributed by atoms with Crippen molar-refractivity contribution in [2.24, 2.45) is 11.7 Å². The van der Waals surface area contributed by atoms with E-state index in [1.807, 2.05) is 17.9 Å². The van der Waals surface area contributed by atoms with Gasteiger partial charge in [-0.15, -0.1) is 0 Å². The molecule has 0 saturated carbocycles. The van der Waals surface area contributed by atoms with Crippen LogP contribution in [0.1, 0.15) is 25.3 Å². The minimum Gasteiger partial charge on any atom is -0.366 e. The second kappa shape index (κ2) is 5.88. The summed E-state index contributed by atoms with van der Waals surface area (Å²) in [7, 11) is 0. The fraction of sp³-hybridized carbons (Fsp3) is 0.500. The van der Waals surface area contributed by atoms with Crippen molar-refractivity contribution in [3.63, 3.8) is 0 Å². The van der Waals surface area contributed by atoms with Crippen LogP contribution in [0.15, 0.2) is 18.2 Å². The van der Waals surface area contributed by atoms with Gasteiger partial charge in [-0.3, -0.25) is 10.1 Å². The molecular formula is C14H18N4O2. The third-order valence-electron chi connectivity index (χ3n) is 3.94. The lowest BCUT2D eigenvalue weighted by atomic mass is 9.90. The summed E-state index contributed by atoms with van der Waals surface area (Å²) in [5.41, 5.74) is 6.47. The zero-order chi connectivity index (χ0) is 14.7. The molecule has 1 aromatic rings. The zero-order valence-corrected chi connectivity index (χ0v) is 11.5. The molecule has 0 aromatic heterocycles. The molecule has 1 atom stereocenters. The van der Waals surface area contributed by atoms with E-state index in [1.165, 1.54) is 6.07 Å². The Balaban J connectivity index is 2.27. The van der Waals surface area contributed by atoms with Crippen molar-refractivity contribution in [2.75, 3.05) is 18.0 Å². The maximum absolute atomic E-state index is 11.2. The number of benzene rings is 1. The minimum absolute atomic E-state index is 0.0887. The van der Waals surface area contributed by atoms with E-state index in [9.17, 15) is 10.1 Å². The largest absolute Gasteiger partial charge is 0.366 e. The normalized spacial score (nSPS) is 17.6. The van der Waals surface area contributed by atoms with Crippen molar-refractivity contribution in [3.8, 4) is 6.07 Å². The average Bonchev–Trinajstić information content (AvgIpc) is 2.46. The van der Waals surface area contributed by atoms with Gasteiger partial charge in [0.1, 0.15) is 17.3 Å². The van der Waals surface area contributed by atoms with Gasteiger partial charge in [0.15, 0.2) is 0 Å². The molecular weight excluding hydrogens is 256 g/mol. The van der Waals surface area contributed by atoms with Crippen LogP contribution in [-0.2, 0) is 0 Å². The first-order valence-corrected chi connectivity index (χ1v) is 6.72. The molecule has 0 spiro atoms. The Morgan fingerprint density at radius 2 is 2.15 bits per heavy atom. The number of nitro groups is 1. The Bertz CT molecular complexity index is 543. The second-order valence-corrected chi connectivity index (χ2v) is 5.23. The van der Waals surface area contributed by atoms with Crippen molar-refractivity contribution in [1.29, 1.82) is 5.26 Å². The molecule has 1 fully saturated rings. The first kappa shape index (κ1) is 14.3. The highest BCUT2D eigenvalue weighted by molar-refractivity contribution is 5.69. The molecule has 1 aromatic carbocycles. The number of nitriles is 1. The van der Waals surface area contributed by atoms with Crippen molar-refractivity contribution in [2.45, 2.75) is 25.8 Å². The summed E-state index contributed by atoms with van der Waals surface area (Å²) in [4.78, 5) is 12.7. The molecule has 0 aliphatic carbocycles. The fourth-order valence-electron chi connectivity index (χ4n) is 2.73. The summed E-state index contributed by atoms with van der Waals surface area (Å²) in [6.07, 6.45) is 1.84. The second-order valence-electron chi connectivity index (χ2n) is 5.23. The Hall–Kier alpha value is -2.13. The third-order valence-corrected chi connectivity index (χ3v) is 3.94. The van der Waals surface area contributed by atoms with Gasteiger partial charge < -0.3 is 10.6 Å². The maximum Gasteiger partial charge on any atom is 0.310 e. The molecule has 0 amide bonds. The van der Waals surface area contributed by atoms with E-state index in [-0.39, 0.29) is 17.3 Å². The summed E-state index contributed by atoms with van der Waals surface area (Å²) < 4.78 is 0. The van der Waals surface area contributed by atoms with E-state index in [1.54, 1.807) is 12.1 Å². The molecule has 2 N–H and O–H groups in total. The van der Waals surface area contributed by atoms with Gasteiger partial charge in [-0.25, -0.2) is 0 Å². The quantitative estimate of drug-likeness (QED) is 0.672. The average molecular weight is 274 g/mol. The molecule has 1 saturated heterocycles. The lowest BCUT2D eigenvalue weighted by Crippen LogP contribution is -2.40. The van der Waals surface area contributed by atoms with E-state index in [4.69, 9.17) is 11.0 Å². The Morgan fingerprint density at radius 1 is 1.50 bits per heavy atom. The molecule has 106 valence electrons. The van der Waals surface area contributed by atoms with E-state index in [2.05, 4.69) is 0 Å². The van der Waals surface area contributed by atoms with Gasteiger partial charge in [0, 0.05) is 19.1 Å². The Kier molecular flexibility index (Phi) is 4.20. The molecule has 0 radical (unpaired) electrons. The van der Waals surface area contributed by atoms with E-state index in [0.29, 0.717) is 11.6 Å². The topological polar surface area (TPSA) is 96.2 Å². The van der Waals surface area contributed by atoms with Gasteiger partial charge in [0.05, 0.1) is 4.92 Å². The molecule has 6 heteroatoms. The number of nitrogens with two attached hydrogens (primary N) is 1. The van der Waals surface area contributed by atoms with Crippen LogP contribution in [0.25, 0.3) is 0 Å². The van der Waals surface area contributed by atoms with Crippen LogP contribution in [0.4, 0.5) is 11.4 Å². The van der Waals surface area contributed by atoms with Crippen LogP contribution in [0.3, 0.4) is 0 Å². The number of anilines is 1. The van der Waals surface area contributed by atoms with Crippen LogP contribution in [0.5, 0.6) is 0 Å². The van der Waals surface area contributed by atoms with Gasteiger partial charge in [-0.05, 0) is 37.8 Å². The zero-order valence-electron chi connectivity index (χ0n) is 11.5. The summed E-state index contributed by atoms with van der Waals surface area (Å²) in [6.45, 7) is 3.48. The highest BCUT2D eigenvalue weighted by atomic mass is 16.6. The molecule has 0 bridgehead atoms. The monoisotopic (exact) mass is 274 g/mol. The van der Waals surface area contributed by atoms with Gasteiger partial charge in [0.2, 0.25) is 0 Å². The SMILES string of the molecule is CC(N)C1CCN(c2cccc(C#N)c2[N+](=O)[O-])CC1. The predicted molar refractivity (Wildman–Crippen MR) is 76.4 cm³/mol. The van der Waals surface area contributed by atoms with Gasteiger partial charge >= 0.3 is 5.69 Å². The molecule has 20 heavy (non-hydrogen) atoms. The van der Waals surface area contributed by atoms with E-state index in [0.717, 1.165) is 25.9 Å². The molecule has 1 heterocycles. The lowest BCUT2D eigenvalue weighted by Gasteiger charge is -2.34. The number of hydrogen-bond acceptors (Lipinski definition) is 5. The van der Waals surface area contributed by atoms with Gasteiger partial charge in [-0.2, -0.15) is 5.26 Å². The summed E-state index contributed by atoms with van der Waals surface area (Å²) in [5, 5.41) is 20.2. The number of piperidine rings is 1.